The van der Waals surface area contributed by atoms with E-state index in [4.69, 9.17) is 5.53 Å². The molecule has 0 saturated carbocycles. The van der Waals surface area contributed by atoms with Gasteiger partial charge in [0, 0.05) is 11.0 Å². The predicted molar refractivity (Wildman–Crippen MR) is 84.5 cm³/mol. The minimum atomic E-state index is -0.850. The number of nitro groups is 2. The van der Waals surface area contributed by atoms with Gasteiger partial charge in [0.15, 0.2) is 0 Å². The quantitative estimate of drug-likeness (QED) is 0.265. The Labute approximate surface area is 131 Å². The summed E-state index contributed by atoms with van der Waals surface area (Å²) in [5, 5.41) is 23.8. The van der Waals surface area contributed by atoms with Crippen molar-refractivity contribution in [2.45, 2.75) is 13.8 Å². The number of hydrogen-bond acceptors (Lipinski definition) is 5. The summed E-state index contributed by atoms with van der Waals surface area (Å²) >= 11 is 0. The zero-order chi connectivity index (χ0) is 17.4. The highest BCUT2D eigenvalue weighted by Gasteiger charge is 2.18. The number of nitrogens with zero attached hydrogens (tertiary/aromatic N) is 5. The third kappa shape index (κ3) is 5.44. The van der Waals surface area contributed by atoms with Crippen LogP contribution in [0.3, 0.4) is 0 Å². The van der Waals surface area contributed by atoms with Crippen LogP contribution in [0.1, 0.15) is 11.1 Å². The summed E-state index contributed by atoms with van der Waals surface area (Å²) in [5.41, 5.74) is 9.50. The molecule has 0 aliphatic rings. The van der Waals surface area contributed by atoms with Crippen LogP contribution in [0, 0.1) is 34.1 Å². The molecule has 9 nitrogen and oxygen atoms in total. The smallest absolute Gasteiger partial charge is 0.258 e. The topological polar surface area (TPSA) is 135 Å². The minimum absolute atomic E-state index is 0.256. The van der Waals surface area contributed by atoms with Crippen molar-refractivity contribution in [3.63, 3.8) is 0 Å². The van der Waals surface area contributed by atoms with E-state index < -0.39 is 21.2 Å². The van der Waals surface area contributed by atoms with Crippen molar-refractivity contribution in [1.82, 2.24) is 0 Å². The largest absolute Gasteiger partial charge is 0.285 e. The van der Waals surface area contributed by atoms with Crippen LogP contribution < -0.4 is 0 Å². The fourth-order valence-electron chi connectivity index (χ4n) is 1.71. The van der Waals surface area contributed by atoms with E-state index in [-0.39, 0.29) is 5.69 Å². The Morgan fingerprint density at radius 2 is 1.61 bits per heavy atom. The molecular weight excluding hydrogens is 302 g/mol. The first kappa shape index (κ1) is 17.6. The normalized spacial score (nSPS) is 9.13. The van der Waals surface area contributed by atoms with Crippen LogP contribution in [0.15, 0.2) is 47.6 Å². The minimum Gasteiger partial charge on any atom is -0.258 e. The van der Waals surface area contributed by atoms with Gasteiger partial charge >= 0.3 is 0 Å². The molecule has 0 saturated heterocycles. The Balaban J connectivity index is 0.000000277. The highest BCUT2D eigenvalue weighted by molar-refractivity contribution is 5.61. The summed E-state index contributed by atoms with van der Waals surface area (Å²) in [5.74, 6) is 0. The van der Waals surface area contributed by atoms with Gasteiger partial charge in [0.2, 0.25) is 0 Å². The zero-order valence-corrected chi connectivity index (χ0v) is 12.4. The summed E-state index contributed by atoms with van der Waals surface area (Å²) < 4.78 is 0. The molecule has 0 radical (unpaired) electrons. The lowest BCUT2D eigenvalue weighted by atomic mass is 10.2. The molecule has 0 unspecified atom stereocenters. The van der Waals surface area contributed by atoms with Crippen molar-refractivity contribution in [1.29, 1.82) is 0 Å². The van der Waals surface area contributed by atoms with Gasteiger partial charge in [-0.25, -0.2) is 0 Å². The van der Waals surface area contributed by atoms with E-state index >= 15 is 0 Å². The monoisotopic (exact) mass is 315 g/mol. The Morgan fingerprint density at radius 1 is 1.00 bits per heavy atom. The molecule has 2 aromatic rings. The number of aryl methyl sites for hydroxylation is 2. The zero-order valence-electron chi connectivity index (χ0n) is 12.4. The molecule has 0 fully saturated rings. The van der Waals surface area contributed by atoms with Crippen molar-refractivity contribution in [2.75, 3.05) is 0 Å². The SMILES string of the molecule is Cc1cccc(C)c1.[N-]=[N+]=Nc1ccc([N+](=O)[O-])cc1[N+](=O)[O-]. The molecular formula is C14H13N5O4. The van der Waals surface area contributed by atoms with Crippen molar-refractivity contribution in [3.05, 3.63) is 84.3 Å². The van der Waals surface area contributed by atoms with Crippen LogP contribution in [-0.4, -0.2) is 9.85 Å². The van der Waals surface area contributed by atoms with E-state index in [9.17, 15) is 20.2 Å². The molecule has 118 valence electrons. The number of hydrogen-bond donors (Lipinski definition) is 0. The average molecular weight is 315 g/mol. The Morgan fingerprint density at radius 3 is 2.00 bits per heavy atom. The number of rotatable bonds is 3. The third-order valence-electron chi connectivity index (χ3n) is 2.69. The molecule has 2 rings (SSSR count). The summed E-state index contributed by atoms with van der Waals surface area (Å²) in [7, 11) is 0. The van der Waals surface area contributed by atoms with Crippen LogP contribution in [0.5, 0.6) is 0 Å². The molecule has 0 amide bonds. The molecule has 0 N–H and O–H groups in total. The predicted octanol–water partition coefficient (Wildman–Crippen LogP) is 4.75. The maximum atomic E-state index is 10.5. The van der Waals surface area contributed by atoms with Crippen LogP contribution in [0.25, 0.3) is 10.4 Å². The first-order chi connectivity index (χ1) is 10.8. The summed E-state index contributed by atoms with van der Waals surface area (Å²) in [6.45, 7) is 4.21. The Kier molecular flexibility index (Phi) is 6.20. The summed E-state index contributed by atoms with van der Waals surface area (Å²) in [6.07, 6.45) is 0. The van der Waals surface area contributed by atoms with Gasteiger partial charge in [-0.1, -0.05) is 40.5 Å². The molecule has 0 aliphatic heterocycles. The molecule has 0 heterocycles. The van der Waals surface area contributed by atoms with Gasteiger partial charge in [0.25, 0.3) is 11.4 Å². The molecule has 0 bridgehead atoms. The Bertz CT molecular complexity index is 767. The molecule has 9 heteroatoms. The number of azide groups is 1. The lowest BCUT2D eigenvalue weighted by Gasteiger charge is -1.95. The van der Waals surface area contributed by atoms with Gasteiger partial charge in [-0.2, -0.15) is 0 Å². The van der Waals surface area contributed by atoms with Crippen molar-refractivity contribution >= 4 is 17.1 Å². The first-order valence-electron chi connectivity index (χ1n) is 6.36. The lowest BCUT2D eigenvalue weighted by molar-refractivity contribution is -0.393. The molecule has 0 aliphatic carbocycles. The standard InChI is InChI=1S/C8H10.C6H3N5O4/c1-7-4-3-5-8(2)6-7;7-9-8-5-2-1-4(10(12)13)3-6(5)11(14)15/h3-6H,1-2H3;1-3H. The van der Waals surface area contributed by atoms with Crippen LogP contribution >= 0.6 is 0 Å². The van der Waals surface area contributed by atoms with Crippen LogP contribution in [0.4, 0.5) is 17.1 Å². The van der Waals surface area contributed by atoms with Crippen LogP contribution in [-0.2, 0) is 0 Å². The second-order valence-electron chi connectivity index (χ2n) is 4.53. The lowest BCUT2D eigenvalue weighted by Crippen LogP contribution is -1.92. The van der Waals surface area contributed by atoms with Crippen LogP contribution in [0.2, 0.25) is 0 Å². The molecule has 2 aromatic carbocycles. The summed E-state index contributed by atoms with van der Waals surface area (Å²) in [4.78, 5) is 21.5. The van der Waals surface area contributed by atoms with Gasteiger partial charge in [0.1, 0.15) is 5.69 Å². The van der Waals surface area contributed by atoms with Crippen molar-refractivity contribution < 1.29 is 9.85 Å². The van der Waals surface area contributed by atoms with Gasteiger partial charge < -0.3 is 0 Å². The average Bonchev–Trinajstić information content (AvgIpc) is 2.48. The van der Waals surface area contributed by atoms with Gasteiger partial charge in [-0.05, 0) is 25.4 Å². The fraction of sp³-hybridized carbons (Fsp3) is 0.143. The van der Waals surface area contributed by atoms with E-state index in [1.165, 1.54) is 11.1 Å². The number of benzene rings is 2. The van der Waals surface area contributed by atoms with E-state index in [1.54, 1.807) is 0 Å². The highest BCUT2D eigenvalue weighted by Crippen LogP contribution is 2.31. The van der Waals surface area contributed by atoms with E-state index in [2.05, 4.69) is 48.1 Å². The second-order valence-corrected chi connectivity index (χ2v) is 4.53. The maximum Gasteiger partial charge on any atom is 0.285 e. The molecule has 0 spiro atoms. The van der Waals surface area contributed by atoms with Gasteiger partial charge in [0.05, 0.1) is 15.9 Å². The highest BCUT2D eigenvalue weighted by atomic mass is 16.6. The Hall–Kier alpha value is -3.45. The maximum absolute atomic E-state index is 10.5. The van der Waals surface area contributed by atoms with E-state index in [0.717, 1.165) is 18.2 Å². The third-order valence-corrected chi connectivity index (χ3v) is 2.69. The second kappa shape index (κ2) is 8.11. The number of nitro benzene ring substituents is 2. The van der Waals surface area contributed by atoms with Gasteiger partial charge in [-0.3, -0.25) is 20.2 Å². The molecule has 0 aromatic heterocycles. The number of non-ortho nitro benzene ring substituents is 1. The van der Waals surface area contributed by atoms with Gasteiger partial charge in [-0.15, -0.1) is 0 Å². The van der Waals surface area contributed by atoms with Crippen molar-refractivity contribution in [2.24, 2.45) is 5.11 Å². The molecule has 0 atom stereocenters. The molecule has 23 heavy (non-hydrogen) atoms. The van der Waals surface area contributed by atoms with E-state index in [1.807, 2.05) is 0 Å². The fourth-order valence-corrected chi connectivity index (χ4v) is 1.71. The first-order valence-corrected chi connectivity index (χ1v) is 6.36. The summed E-state index contributed by atoms with van der Waals surface area (Å²) in [6, 6.07) is 11.2. The van der Waals surface area contributed by atoms with Crippen molar-refractivity contribution in [3.8, 4) is 0 Å². The van der Waals surface area contributed by atoms with E-state index in [0.29, 0.717) is 0 Å².